The summed E-state index contributed by atoms with van der Waals surface area (Å²) >= 11 is 1.35. The molecule has 0 spiro atoms. The van der Waals surface area contributed by atoms with Gasteiger partial charge in [-0.15, -0.1) is 11.3 Å². The molecule has 2 heterocycles. The molecule has 0 radical (unpaired) electrons. The van der Waals surface area contributed by atoms with Crippen LogP contribution in [0.1, 0.15) is 30.4 Å². The Morgan fingerprint density at radius 1 is 1.20 bits per heavy atom. The van der Waals surface area contributed by atoms with Crippen molar-refractivity contribution in [1.29, 1.82) is 0 Å². The highest BCUT2D eigenvalue weighted by molar-refractivity contribution is 7.14. The summed E-state index contributed by atoms with van der Waals surface area (Å²) in [5.41, 5.74) is 4.23. The van der Waals surface area contributed by atoms with Gasteiger partial charge in [-0.2, -0.15) is 0 Å². The van der Waals surface area contributed by atoms with E-state index in [4.69, 9.17) is 0 Å². The SMILES string of the molecule is Cc1ccc(-c2csc(NC(=O)CCN3C(=O)CCC3=O)n2)cc1C. The van der Waals surface area contributed by atoms with Crippen LogP contribution in [-0.4, -0.2) is 34.2 Å². The Morgan fingerprint density at radius 2 is 1.92 bits per heavy atom. The second kappa shape index (κ2) is 7.14. The molecule has 6 nitrogen and oxygen atoms in total. The van der Waals surface area contributed by atoms with Crippen LogP contribution in [-0.2, 0) is 14.4 Å². The molecular weight excluding hydrogens is 338 g/mol. The maximum Gasteiger partial charge on any atom is 0.229 e. The third kappa shape index (κ3) is 3.93. The topological polar surface area (TPSA) is 79.4 Å². The van der Waals surface area contributed by atoms with E-state index in [2.05, 4.69) is 30.2 Å². The van der Waals surface area contributed by atoms with E-state index in [0.29, 0.717) is 5.13 Å². The highest BCUT2D eigenvalue weighted by Gasteiger charge is 2.28. The maximum atomic E-state index is 12.0. The Kier molecular flexibility index (Phi) is 4.94. The molecule has 0 atom stereocenters. The summed E-state index contributed by atoms with van der Waals surface area (Å²) in [6.07, 6.45) is 0.564. The first kappa shape index (κ1) is 17.3. The van der Waals surface area contributed by atoms with Crippen molar-refractivity contribution in [2.45, 2.75) is 33.1 Å². The van der Waals surface area contributed by atoms with Crippen molar-refractivity contribution in [3.8, 4) is 11.3 Å². The van der Waals surface area contributed by atoms with Crippen molar-refractivity contribution in [3.05, 3.63) is 34.7 Å². The predicted octanol–water partition coefficient (Wildman–Crippen LogP) is 2.90. The minimum Gasteiger partial charge on any atom is -0.302 e. The third-order valence-corrected chi connectivity index (χ3v) is 5.03. The van der Waals surface area contributed by atoms with E-state index in [0.717, 1.165) is 16.2 Å². The fraction of sp³-hybridized carbons (Fsp3) is 0.333. The molecule has 1 aliphatic rings. The number of nitrogens with one attached hydrogen (secondary N) is 1. The predicted molar refractivity (Wildman–Crippen MR) is 96.2 cm³/mol. The monoisotopic (exact) mass is 357 g/mol. The molecule has 25 heavy (non-hydrogen) atoms. The first-order valence-electron chi connectivity index (χ1n) is 8.10. The molecule has 0 bridgehead atoms. The molecular formula is C18H19N3O3S. The van der Waals surface area contributed by atoms with E-state index in [1.165, 1.54) is 22.5 Å². The molecule has 1 aliphatic heterocycles. The van der Waals surface area contributed by atoms with E-state index >= 15 is 0 Å². The fourth-order valence-electron chi connectivity index (χ4n) is 2.63. The lowest BCUT2D eigenvalue weighted by Gasteiger charge is -2.12. The van der Waals surface area contributed by atoms with Crippen LogP contribution >= 0.6 is 11.3 Å². The van der Waals surface area contributed by atoms with Gasteiger partial charge in [0.1, 0.15) is 0 Å². The number of nitrogens with zero attached hydrogens (tertiary/aromatic N) is 2. The molecule has 3 amide bonds. The minimum atomic E-state index is -0.256. The molecule has 1 aromatic heterocycles. The Labute approximate surface area is 149 Å². The van der Waals surface area contributed by atoms with Gasteiger partial charge in [0.2, 0.25) is 17.7 Å². The summed E-state index contributed by atoms with van der Waals surface area (Å²) in [4.78, 5) is 40.7. The molecule has 7 heteroatoms. The molecule has 0 saturated carbocycles. The number of hydrogen-bond acceptors (Lipinski definition) is 5. The number of rotatable bonds is 5. The number of anilines is 1. The molecule has 1 fully saturated rings. The van der Waals surface area contributed by atoms with Crippen molar-refractivity contribution in [1.82, 2.24) is 9.88 Å². The van der Waals surface area contributed by atoms with Crippen LogP contribution < -0.4 is 5.32 Å². The number of thiazole rings is 1. The molecule has 0 aliphatic carbocycles. The number of carbonyl (C=O) groups excluding carboxylic acids is 3. The summed E-state index contributed by atoms with van der Waals surface area (Å²) in [7, 11) is 0. The van der Waals surface area contributed by atoms with Gasteiger partial charge in [0.25, 0.3) is 0 Å². The third-order valence-electron chi connectivity index (χ3n) is 4.27. The molecule has 2 aromatic rings. The number of benzene rings is 1. The Morgan fingerprint density at radius 3 is 2.60 bits per heavy atom. The van der Waals surface area contributed by atoms with Gasteiger partial charge in [-0.05, 0) is 31.0 Å². The van der Waals surface area contributed by atoms with Gasteiger partial charge in [0, 0.05) is 36.8 Å². The van der Waals surface area contributed by atoms with Crippen LogP contribution in [0, 0.1) is 13.8 Å². The summed E-state index contributed by atoms with van der Waals surface area (Å²) in [6.45, 7) is 4.23. The summed E-state index contributed by atoms with van der Waals surface area (Å²) < 4.78 is 0. The van der Waals surface area contributed by atoms with E-state index in [1.807, 2.05) is 17.5 Å². The van der Waals surface area contributed by atoms with Crippen molar-refractivity contribution in [3.63, 3.8) is 0 Å². The van der Waals surface area contributed by atoms with Crippen LogP contribution in [0.5, 0.6) is 0 Å². The molecule has 1 N–H and O–H groups in total. The van der Waals surface area contributed by atoms with Crippen molar-refractivity contribution < 1.29 is 14.4 Å². The highest BCUT2D eigenvalue weighted by atomic mass is 32.1. The minimum absolute atomic E-state index is 0.0794. The smallest absolute Gasteiger partial charge is 0.229 e. The number of aromatic nitrogens is 1. The first-order chi connectivity index (χ1) is 11.9. The van der Waals surface area contributed by atoms with Gasteiger partial charge in [-0.3, -0.25) is 19.3 Å². The van der Waals surface area contributed by atoms with Gasteiger partial charge in [-0.1, -0.05) is 12.1 Å². The summed E-state index contributed by atoms with van der Waals surface area (Å²) in [5, 5.41) is 5.14. The van der Waals surface area contributed by atoms with Gasteiger partial charge < -0.3 is 5.32 Å². The number of aryl methyl sites for hydroxylation is 2. The zero-order valence-corrected chi connectivity index (χ0v) is 15.0. The standard InChI is InChI=1S/C18H19N3O3S/c1-11-3-4-13(9-12(11)2)14-10-25-18(19-14)20-15(22)7-8-21-16(23)5-6-17(21)24/h3-4,9-10H,5-8H2,1-2H3,(H,19,20,22). The lowest BCUT2D eigenvalue weighted by Crippen LogP contribution is -2.32. The average molecular weight is 357 g/mol. The Hall–Kier alpha value is -2.54. The van der Waals surface area contributed by atoms with Gasteiger partial charge >= 0.3 is 0 Å². The highest BCUT2D eigenvalue weighted by Crippen LogP contribution is 2.26. The van der Waals surface area contributed by atoms with Gasteiger partial charge in [-0.25, -0.2) is 4.98 Å². The average Bonchev–Trinajstić information content (AvgIpc) is 3.15. The van der Waals surface area contributed by atoms with Gasteiger partial charge in [0.05, 0.1) is 5.69 Å². The van der Waals surface area contributed by atoms with Crippen molar-refractivity contribution in [2.75, 3.05) is 11.9 Å². The number of imide groups is 1. The second-order valence-electron chi connectivity index (χ2n) is 6.07. The second-order valence-corrected chi connectivity index (χ2v) is 6.93. The molecule has 3 rings (SSSR count). The van der Waals surface area contributed by atoms with Crippen LogP contribution in [0.3, 0.4) is 0 Å². The van der Waals surface area contributed by atoms with Crippen LogP contribution in [0.15, 0.2) is 23.6 Å². The molecule has 1 aromatic carbocycles. The lowest BCUT2D eigenvalue weighted by molar-refractivity contribution is -0.138. The van der Waals surface area contributed by atoms with Gasteiger partial charge in [0.15, 0.2) is 5.13 Å². The van der Waals surface area contributed by atoms with E-state index in [1.54, 1.807) is 0 Å². The molecule has 130 valence electrons. The molecule has 0 unspecified atom stereocenters. The van der Waals surface area contributed by atoms with Crippen LogP contribution in [0.2, 0.25) is 0 Å². The quantitative estimate of drug-likeness (QED) is 0.835. The summed E-state index contributed by atoms with van der Waals surface area (Å²) in [6, 6.07) is 6.13. The number of carbonyl (C=O) groups is 3. The van der Waals surface area contributed by atoms with Crippen LogP contribution in [0.4, 0.5) is 5.13 Å². The van der Waals surface area contributed by atoms with Crippen molar-refractivity contribution in [2.24, 2.45) is 0 Å². The Balaban J connectivity index is 1.59. The summed E-state index contributed by atoms with van der Waals surface area (Å²) in [5.74, 6) is -0.665. The molecule has 1 saturated heterocycles. The lowest BCUT2D eigenvalue weighted by atomic mass is 10.1. The maximum absolute atomic E-state index is 12.0. The van der Waals surface area contributed by atoms with Crippen LogP contribution in [0.25, 0.3) is 11.3 Å². The largest absolute Gasteiger partial charge is 0.302 e. The zero-order valence-electron chi connectivity index (χ0n) is 14.2. The zero-order chi connectivity index (χ0) is 18.0. The number of likely N-dealkylation sites (tertiary alicyclic amines) is 1. The van der Waals surface area contributed by atoms with E-state index in [-0.39, 0.29) is 43.5 Å². The fourth-order valence-corrected chi connectivity index (χ4v) is 3.37. The number of hydrogen-bond donors (Lipinski definition) is 1. The normalized spacial score (nSPS) is 14.2. The van der Waals surface area contributed by atoms with E-state index < -0.39 is 0 Å². The first-order valence-corrected chi connectivity index (χ1v) is 8.98. The van der Waals surface area contributed by atoms with Crippen molar-refractivity contribution >= 4 is 34.2 Å². The van der Waals surface area contributed by atoms with E-state index in [9.17, 15) is 14.4 Å². The number of amides is 3. The Bertz CT molecular complexity index is 828.